The summed E-state index contributed by atoms with van der Waals surface area (Å²) in [5.41, 5.74) is 3.42. The predicted octanol–water partition coefficient (Wildman–Crippen LogP) is 3.16. The molecule has 1 heterocycles. The monoisotopic (exact) mass is 250 g/mol. The molecule has 0 fully saturated rings. The molecule has 0 aliphatic heterocycles. The van der Waals surface area contributed by atoms with Crippen molar-refractivity contribution >= 4 is 15.9 Å². The van der Waals surface area contributed by atoms with Gasteiger partial charge in [-0.3, -0.25) is 4.68 Å². The minimum absolute atomic E-state index is 0.994. The highest BCUT2D eigenvalue weighted by molar-refractivity contribution is 9.10. The summed E-state index contributed by atoms with van der Waals surface area (Å²) in [5, 5.41) is 4.38. The van der Waals surface area contributed by atoms with Gasteiger partial charge in [0, 0.05) is 12.6 Å². The SMILES string of the molecule is Cc1ccc(-c2cc(Br)n(C)n2)cc1. The molecule has 0 bridgehead atoms. The Morgan fingerprint density at radius 1 is 1.21 bits per heavy atom. The number of nitrogens with zero attached hydrogens (tertiary/aromatic N) is 2. The zero-order chi connectivity index (χ0) is 10.1. The zero-order valence-corrected chi connectivity index (χ0v) is 9.75. The molecule has 2 nitrogen and oxygen atoms in total. The van der Waals surface area contributed by atoms with E-state index in [4.69, 9.17) is 0 Å². The van der Waals surface area contributed by atoms with Gasteiger partial charge in [0.25, 0.3) is 0 Å². The number of halogens is 1. The summed E-state index contributed by atoms with van der Waals surface area (Å²) in [6, 6.07) is 10.4. The molecule has 0 N–H and O–H groups in total. The Hall–Kier alpha value is -1.09. The lowest BCUT2D eigenvalue weighted by atomic mass is 10.1. The largest absolute Gasteiger partial charge is 0.261 e. The van der Waals surface area contributed by atoms with Crippen LogP contribution in [0.1, 0.15) is 5.56 Å². The zero-order valence-electron chi connectivity index (χ0n) is 8.16. The van der Waals surface area contributed by atoms with Crippen molar-refractivity contribution in [3.8, 4) is 11.3 Å². The Morgan fingerprint density at radius 3 is 2.36 bits per heavy atom. The summed E-state index contributed by atoms with van der Waals surface area (Å²) in [4.78, 5) is 0. The number of aromatic nitrogens is 2. The number of rotatable bonds is 1. The van der Waals surface area contributed by atoms with Gasteiger partial charge in [0.15, 0.2) is 0 Å². The number of aryl methyl sites for hydroxylation is 2. The standard InChI is InChI=1S/C11H11BrN2/c1-8-3-5-9(6-4-8)10-7-11(12)14(2)13-10/h3-7H,1-2H3. The van der Waals surface area contributed by atoms with Crippen LogP contribution in [0.4, 0.5) is 0 Å². The van der Waals surface area contributed by atoms with Gasteiger partial charge in [0.2, 0.25) is 0 Å². The van der Waals surface area contributed by atoms with E-state index in [9.17, 15) is 0 Å². The molecule has 0 aliphatic rings. The van der Waals surface area contributed by atoms with Crippen LogP contribution in [0.25, 0.3) is 11.3 Å². The van der Waals surface area contributed by atoms with Crippen molar-refractivity contribution in [3.05, 3.63) is 40.5 Å². The van der Waals surface area contributed by atoms with Crippen molar-refractivity contribution in [1.82, 2.24) is 9.78 Å². The quantitative estimate of drug-likeness (QED) is 0.761. The molecule has 1 aromatic carbocycles. The topological polar surface area (TPSA) is 17.8 Å². The lowest BCUT2D eigenvalue weighted by molar-refractivity contribution is 0.752. The first-order valence-corrected chi connectivity index (χ1v) is 5.23. The van der Waals surface area contributed by atoms with Gasteiger partial charge >= 0.3 is 0 Å². The van der Waals surface area contributed by atoms with E-state index in [1.54, 1.807) is 0 Å². The molecule has 0 unspecified atom stereocenters. The lowest BCUT2D eigenvalue weighted by Crippen LogP contribution is -1.89. The summed E-state index contributed by atoms with van der Waals surface area (Å²) >= 11 is 3.43. The van der Waals surface area contributed by atoms with E-state index in [1.165, 1.54) is 5.56 Å². The average Bonchev–Trinajstić information content (AvgIpc) is 2.48. The fourth-order valence-corrected chi connectivity index (χ4v) is 1.61. The molecule has 2 aromatic rings. The minimum Gasteiger partial charge on any atom is -0.261 e. The molecule has 0 atom stereocenters. The van der Waals surface area contributed by atoms with E-state index in [-0.39, 0.29) is 0 Å². The number of hydrogen-bond donors (Lipinski definition) is 0. The molecule has 2 rings (SSSR count). The molecule has 0 saturated carbocycles. The normalized spacial score (nSPS) is 10.5. The molecule has 0 amide bonds. The van der Waals surface area contributed by atoms with Gasteiger partial charge in [-0.2, -0.15) is 5.10 Å². The number of benzene rings is 1. The summed E-state index contributed by atoms with van der Waals surface area (Å²) in [5.74, 6) is 0. The molecule has 72 valence electrons. The highest BCUT2D eigenvalue weighted by Crippen LogP contribution is 2.21. The van der Waals surface area contributed by atoms with Gasteiger partial charge in [0.1, 0.15) is 4.60 Å². The molecule has 0 saturated heterocycles. The van der Waals surface area contributed by atoms with Crippen LogP contribution in [0.15, 0.2) is 34.9 Å². The third kappa shape index (κ3) is 1.73. The van der Waals surface area contributed by atoms with Gasteiger partial charge in [-0.1, -0.05) is 29.8 Å². The Balaban J connectivity index is 2.44. The van der Waals surface area contributed by atoms with Crippen LogP contribution in [0.2, 0.25) is 0 Å². The van der Waals surface area contributed by atoms with Crippen molar-refractivity contribution in [2.75, 3.05) is 0 Å². The molecule has 14 heavy (non-hydrogen) atoms. The molecule has 0 spiro atoms. The van der Waals surface area contributed by atoms with Crippen LogP contribution in [-0.4, -0.2) is 9.78 Å². The van der Waals surface area contributed by atoms with Crippen LogP contribution >= 0.6 is 15.9 Å². The van der Waals surface area contributed by atoms with E-state index in [2.05, 4.69) is 52.2 Å². The maximum absolute atomic E-state index is 4.38. The van der Waals surface area contributed by atoms with Crippen LogP contribution in [-0.2, 0) is 7.05 Å². The highest BCUT2D eigenvalue weighted by Gasteiger charge is 2.03. The second-order valence-corrected chi connectivity index (χ2v) is 4.15. The third-order valence-electron chi connectivity index (χ3n) is 2.17. The smallest absolute Gasteiger partial charge is 0.104 e. The van der Waals surface area contributed by atoms with Gasteiger partial charge < -0.3 is 0 Å². The molecule has 3 heteroatoms. The maximum Gasteiger partial charge on any atom is 0.104 e. The Morgan fingerprint density at radius 2 is 1.86 bits per heavy atom. The van der Waals surface area contributed by atoms with Crippen LogP contribution < -0.4 is 0 Å². The van der Waals surface area contributed by atoms with E-state index >= 15 is 0 Å². The lowest BCUT2D eigenvalue weighted by Gasteiger charge is -1.96. The fourth-order valence-electron chi connectivity index (χ4n) is 1.31. The van der Waals surface area contributed by atoms with Crippen molar-refractivity contribution < 1.29 is 0 Å². The van der Waals surface area contributed by atoms with Crippen molar-refractivity contribution in [3.63, 3.8) is 0 Å². The first-order chi connectivity index (χ1) is 6.66. The van der Waals surface area contributed by atoms with Gasteiger partial charge in [-0.25, -0.2) is 0 Å². The van der Waals surface area contributed by atoms with Gasteiger partial charge in [-0.15, -0.1) is 0 Å². The Labute approximate surface area is 91.7 Å². The maximum atomic E-state index is 4.38. The van der Waals surface area contributed by atoms with Crippen LogP contribution in [0, 0.1) is 6.92 Å². The van der Waals surface area contributed by atoms with Crippen LogP contribution in [0.3, 0.4) is 0 Å². The predicted molar refractivity (Wildman–Crippen MR) is 61.1 cm³/mol. The first-order valence-electron chi connectivity index (χ1n) is 4.43. The first kappa shape index (κ1) is 9.46. The minimum atomic E-state index is 0.994. The number of hydrogen-bond acceptors (Lipinski definition) is 1. The van der Waals surface area contributed by atoms with Crippen molar-refractivity contribution in [1.29, 1.82) is 0 Å². The molecule has 0 radical (unpaired) electrons. The van der Waals surface area contributed by atoms with E-state index in [0.717, 1.165) is 15.9 Å². The summed E-state index contributed by atoms with van der Waals surface area (Å²) < 4.78 is 2.81. The summed E-state index contributed by atoms with van der Waals surface area (Å²) in [6.07, 6.45) is 0. The third-order valence-corrected chi connectivity index (χ3v) is 2.91. The van der Waals surface area contributed by atoms with Gasteiger partial charge in [-0.05, 0) is 28.9 Å². The Kier molecular flexibility index (Phi) is 2.42. The van der Waals surface area contributed by atoms with E-state index in [0.29, 0.717) is 0 Å². The van der Waals surface area contributed by atoms with Gasteiger partial charge in [0.05, 0.1) is 5.69 Å². The molecule has 0 aliphatic carbocycles. The second kappa shape index (κ2) is 3.58. The van der Waals surface area contributed by atoms with Crippen molar-refractivity contribution in [2.45, 2.75) is 6.92 Å². The summed E-state index contributed by atoms with van der Waals surface area (Å²) in [7, 11) is 1.92. The fraction of sp³-hybridized carbons (Fsp3) is 0.182. The highest BCUT2D eigenvalue weighted by atomic mass is 79.9. The molecule has 1 aromatic heterocycles. The van der Waals surface area contributed by atoms with E-state index < -0.39 is 0 Å². The van der Waals surface area contributed by atoms with E-state index in [1.807, 2.05) is 17.8 Å². The van der Waals surface area contributed by atoms with Crippen molar-refractivity contribution in [2.24, 2.45) is 7.05 Å². The average molecular weight is 251 g/mol. The molecular weight excluding hydrogens is 240 g/mol. The Bertz CT molecular complexity index is 423. The summed E-state index contributed by atoms with van der Waals surface area (Å²) in [6.45, 7) is 2.08. The van der Waals surface area contributed by atoms with Crippen LogP contribution in [0.5, 0.6) is 0 Å². The second-order valence-electron chi connectivity index (χ2n) is 3.34. The molecular formula is C11H11BrN2.